The Morgan fingerprint density at radius 1 is 0.500 bits per heavy atom. The van der Waals surface area contributed by atoms with Gasteiger partial charge in [-0.1, -0.05) is 99.3 Å². The molecule has 0 aromatic carbocycles. The summed E-state index contributed by atoms with van der Waals surface area (Å²) in [6.07, 6.45) is 43.9. The van der Waals surface area contributed by atoms with Gasteiger partial charge in [-0.25, -0.2) is 0 Å². The van der Waals surface area contributed by atoms with Crippen molar-refractivity contribution in [2.75, 3.05) is 0 Å². The van der Waals surface area contributed by atoms with Crippen molar-refractivity contribution < 1.29 is 24.0 Å². The van der Waals surface area contributed by atoms with Crippen molar-refractivity contribution in [3.63, 3.8) is 0 Å². The monoisotopic (exact) mass is 1260 g/mol. The lowest BCUT2D eigenvalue weighted by Crippen LogP contribution is -2.56. The summed E-state index contributed by atoms with van der Waals surface area (Å²) in [6.45, 7) is 16.3. The molecular formula is C78H115N9O5. The Bertz CT molecular complexity index is 3230. The van der Waals surface area contributed by atoms with Gasteiger partial charge in [0.15, 0.2) is 17.1 Å². The number of aromatic nitrogens is 6. The highest BCUT2D eigenvalue weighted by molar-refractivity contribution is 5.98. The highest BCUT2D eigenvalue weighted by atomic mass is 16.2. The van der Waals surface area contributed by atoms with Crippen LogP contribution < -0.4 is 16.0 Å². The zero-order chi connectivity index (χ0) is 63.6. The molecule has 0 radical (unpaired) electrons. The second kappa shape index (κ2) is 24.8. The third-order valence-electron chi connectivity index (χ3n) is 28.6. The number of carbonyl (C=O) groups excluding carboxylic acids is 5. The van der Waals surface area contributed by atoms with Gasteiger partial charge in [-0.05, 0) is 242 Å². The molecule has 0 aliphatic heterocycles. The van der Waals surface area contributed by atoms with Crippen molar-refractivity contribution in [1.29, 1.82) is 0 Å². The highest BCUT2D eigenvalue weighted by Gasteiger charge is 2.60. The Hall–Kier alpha value is -4.62. The van der Waals surface area contributed by atoms with Gasteiger partial charge in [-0.2, -0.15) is 15.3 Å². The number of Topliss-reactive ketones (excluding diaryl/α,β-unsaturated/α-hetero) is 2. The van der Waals surface area contributed by atoms with E-state index in [0.29, 0.717) is 84.9 Å². The first-order chi connectivity index (χ1) is 44.2. The molecule has 13 saturated carbocycles. The van der Waals surface area contributed by atoms with Crippen LogP contribution in [0.5, 0.6) is 0 Å². The third kappa shape index (κ3) is 11.9. The van der Waals surface area contributed by atoms with E-state index in [-0.39, 0.29) is 63.0 Å². The fraction of sp³-hybridized carbons (Fsp3) is 0.821. The molecule has 16 aliphatic rings. The summed E-state index contributed by atoms with van der Waals surface area (Å²) in [7, 11) is 0. The second-order valence-electron chi connectivity index (χ2n) is 36.0. The Balaban J connectivity index is 0.000000115. The zero-order valence-corrected chi connectivity index (χ0v) is 57.8. The van der Waals surface area contributed by atoms with Crippen LogP contribution in [0, 0.1) is 74.9 Å². The molecule has 19 rings (SSSR count). The van der Waals surface area contributed by atoms with Crippen molar-refractivity contribution in [2.45, 2.75) is 329 Å². The minimum absolute atomic E-state index is 0.0382. The van der Waals surface area contributed by atoms with Crippen LogP contribution in [0.2, 0.25) is 0 Å². The van der Waals surface area contributed by atoms with Crippen molar-refractivity contribution in [3.8, 4) is 0 Å². The van der Waals surface area contributed by atoms with E-state index in [1.54, 1.807) is 0 Å². The number of rotatable bonds is 10. The number of ketones is 2. The van der Waals surface area contributed by atoms with Gasteiger partial charge in [-0.3, -0.25) is 38.0 Å². The maximum atomic E-state index is 13.8. The molecule has 92 heavy (non-hydrogen) atoms. The largest absolute Gasteiger partial charge is 0.348 e. The normalized spacial score (nSPS) is 35.5. The van der Waals surface area contributed by atoms with E-state index in [2.05, 4.69) is 78.5 Å². The minimum atomic E-state index is -0.0580. The van der Waals surface area contributed by atoms with Gasteiger partial charge in [0.25, 0.3) is 17.7 Å². The van der Waals surface area contributed by atoms with Crippen LogP contribution in [0.1, 0.15) is 337 Å². The van der Waals surface area contributed by atoms with E-state index in [9.17, 15) is 24.0 Å². The lowest BCUT2D eigenvalue weighted by molar-refractivity contribution is -0.119. The van der Waals surface area contributed by atoms with E-state index in [0.717, 1.165) is 103 Å². The second-order valence-corrected chi connectivity index (χ2v) is 36.0. The molecule has 13 fully saturated rings. The molecular weight excluding hydrogens is 1140 g/mol. The molecule has 3 heterocycles. The van der Waals surface area contributed by atoms with E-state index < -0.39 is 0 Å². The third-order valence-corrected chi connectivity index (χ3v) is 28.6. The molecule has 3 aromatic rings. The molecule has 3 N–H and O–H groups in total. The predicted molar refractivity (Wildman–Crippen MR) is 358 cm³/mol. The molecule has 16 aliphatic carbocycles. The molecule has 14 nitrogen and oxygen atoms in total. The van der Waals surface area contributed by atoms with Gasteiger partial charge in [0.1, 0.15) is 11.6 Å². The Kier molecular flexibility index (Phi) is 17.1. The number of nitrogens with one attached hydrogen (secondary N) is 3. The smallest absolute Gasteiger partial charge is 0.272 e. The Morgan fingerprint density at radius 2 is 0.935 bits per heavy atom. The number of nitrogens with zero attached hydrogens (tertiary/aromatic N) is 6. The van der Waals surface area contributed by atoms with E-state index in [1.165, 1.54) is 184 Å². The average molecular weight is 1260 g/mol. The summed E-state index contributed by atoms with van der Waals surface area (Å²) in [5.41, 5.74) is 9.57. The van der Waals surface area contributed by atoms with Crippen molar-refractivity contribution in [3.05, 3.63) is 50.9 Å². The molecule has 5 atom stereocenters. The molecule has 3 aromatic heterocycles. The summed E-state index contributed by atoms with van der Waals surface area (Å²) < 4.78 is 6.63. The first-order valence-electron chi connectivity index (χ1n) is 38.4. The van der Waals surface area contributed by atoms with Crippen molar-refractivity contribution in [1.82, 2.24) is 45.3 Å². The molecule has 10 bridgehead atoms. The topological polar surface area (TPSA) is 175 Å². The van der Waals surface area contributed by atoms with Gasteiger partial charge >= 0.3 is 0 Å². The zero-order valence-electron chi connectivity index (χ0n) is 57.8. The van der Waals surface area contributed by atoms with E-state index in [4.69, 9.17) is 15.3 Å². The fourth-order valence-electron chi connectivity index (χ4n) is 24.2. The molecule has 14 heteroatoms. The number of carbonyl (C=O) groups is 5. The first kappa shape index (κ1) is 63.4. The number of hydrogen-bond acceptors (Lipinski definition) is 8. The molecule has 0 saturated heterocycles. The van der Waals surface area contributed by atoms with Crippen LogP contribution in [0.15, 0.2) is 0 Å². The van der Waals surface area contributed by atoms with E-state index in [1.807, 2.05) is 0 Å². The van der Waals surface area contributed by atoms with Crippen LogP contribution >= 0.6 is 0 Å². The number of hydrogen-bond donors (Lipinski definition) is 3. The summed E-state index contributed by atoms with van der Waals surface area (Å²) in [5.74, 6) is 7.80. The summed E-state index contributed by atoms with van der Waals surface area (Å²) >= 11 is 0. The van der Waals surface area contributed by atoms with Crippen LogP contribution in [-0.4, -0.2) is 76.8 Å². The maximum Gasteiger partial charge on any atom is 0.272 e. The maximum absolute atomic E-state index is 13.8. The van der Waals surface area contributed by atoms with E-state index >= 15 is 0 Å². The van der Waals surface area contributed by atoms with Crippen LogP contribution in [-0.2, 0) is 48.1 Å². The average Bonchev–Trinajstić information content (AvgIpc) is 1.44. The van der Waals surface area contributed by atoms with Gasteiger partial charge in [0, 0.05) is 77.6 Å². The van der Waals surface area contributed by atoms with Crippen LogP contribution in [0.3, 0.4) is 0 Å². The standard InChI is InChI=1S/C28H43N3O.C26H37N3O2.C24H35N3O2/c1-28(2,3)21-9-10-24-23(16-21)26(30-31(24)22-7-5-4-6-8-22)27(32)29-25-19-12-17-11-18(14-19)15-20(25)13-17;1-16(26-13-17-9-18(14-26)11-19(10-17)15-26)27-25(31)24-22-12-21(30)7-8-23(22)29(28-24)20-5-3-2-4-6-20;1-23(2)15-11-12-24(3,14-15)22(23)25-21(29)20-18-13-17(28)9-10-19(18)27(26-20)16-7-5-4-6-8-16/h17-22,25H,4-16H2,1-3H3,(H,29,32);16-20H,2-15H2,1H3,(H,27,31);15-16,22H,4-14H2,1-3H3,(H,25,29). The summed E-state index contributed by atoms with van der Waals surface area (Å²) in [4.78, 5) is 65.3. The lowest BCUT2D eigenvalue weighted by Gasteiger charge is -2.59. The number of fused-ring (bicyclic) bond motifs is 5. The van der Waals surface area contributed by atoms with Gasteiger partial charge < -0.3 is 16.0 Å². The van der Waals surface area contributed by atoms with Crippen molar-refractivity contribution in [2.24, 2.45) is 74.9 Å². The summed E-state index contributed by atoms with van der Waals surface area (Å²) in [5, 5.41) is 25.3. The summed E-state index contributed by atoms with van der Waals surface area (Å²) in [6, 6.07) is 2.06. The van der Waals surface area contributed by atoms with Crippen LogP contribution in [0.4, 0.5) is 0 Å². The number of amides is 3. The highest BCUT2D eigenvalue weighted by Crippen LogP contribution is 2.63. The van der Waals surface area contributed by atoms with Gasteiger partial charge in [0.2, 0.25) is 0 Å². The Labute approximate surface area is 550 Å². The first-order valence-corrected chi connectivity index (χ1v) is 38.4. The quantitative estimate of drug-likeness (QED) is 0.180. The molecule has 3 amide bonds. The minimum Gasteiger partial charge on any atom is -0.348 e. The lowest BCUT2D eigenvalue weighted by atomic mass is 9.48. The van der Waals surface area contributed by atoms with Gasteiger partial charge in [-0.15, -0.1) is 0 Å². The van der Waals surface area contributed by atoms with Crippen LogP contribution in [0.25, 0.3) is 0 Å². The molecule has 0 spiro atoms. The fourth-order valence-corrected chi connectivity index (χ4v) is 24.2. The van der Waals surface area contributed by atoms with Gasteiger partial charge in [0.05, 0.1) is 18.1 Å². The molecule has 502 valence electrons. The Morgan fingerprint density at radius 3 is 1.39 bits per heavy atom. The van der Waals surface area contributed by atoms with Crippen molar-refractivity contribution >= 4 is 29.3 Å². The molecule has 5 unspecified atom stereocenters. The SMILES string of the molecule is CC(C)(C)C1CCc2c(c(C(=O)NC3C4CC5CC(C4)CC3C5)nn2C2CCCCC2)C1.CC(NC(=O)c1nn(C2CCCCC2)c2c1CC(=O)CC2)C12CC3CC(CC(C3)C1)C2.CC12CCC(C1)C(C)(C)C2NC(=O)c1nn(C2CCCCC2)c2c1CC(=O)CC2. The predicted octanol–water partition coefficient (Wildman–Crippen LogP) is 15.3.